The highest BCUT2D eigenvalue weighted by atomic mass is 19.1. The van der Waals surface area contributed by atoms with E-state index in [9.17, 15) is 14.3 Å². The summed E-state index contributed by atoms with van der Waals surface area (Å²) in [6.07, 6.45) is -0.205. The van der Waals surface area contributed by atoms with E-state index >= 15 is 0 Å². The summed E-state index contributed by atoms with van der Waals surface area (Å²) in [5.41, 5.74) is 2.86. The molecule has 0 saturated carbocycles. The Morgan fingerprint density at radius 1 is 1.60 bits per heavy atom. The molecule has 5 heteroatoms. The number of hydrogen-bond acceptors (Lipinski definition) is 3. The van der Waals surface area contributed by atoms with Crippen molar-refractivity contribution in [2.45, 2.75) is 12.6 Å². The number of hydrogen-bond donors (Lipinski definition) is 2. The summed E-state index contributed by atoms with van der Waals surface area (Å²) in [4.78, 5) is 11.7. The van der Waals surface area contributed by atoms with Gasteiger partial charge in [0.1, 0.15) is 12.0 Å². The number of amides is 1. The van der Waals surface area contributed by atoms with E-state index in [0.29, 0.717) is 13.0 Å². The van der Waals surface area contributed by atoms with Gasteiger partial charge in [-0.2, -0.15) is 0 Å². The normalized spacial score (nSPS) is 20.7. The maximum absolute atomic E-state index is 12.9. The van der Waals surface area contributed by atoms with Gasteiger partial charge >= 0.3 is 0 Å². The molecule has 1 amide bonds. The fourth-order valence-electron chi connectivity index (χ4n) is 1.50. The Bertz CT molecular complexity index is 383. The second-order valence-electron chi connectivity index (χ2n) is 3.40. The van der Waals surface area contributed by atoms with Crippen LogP contribution in [-0.2, 0) is 0 Å². The molecule has 4 nitrogen and oxygen atoms in total. The number of carbonyl (C=O) groups is 1. The summed E-state index contributed by atoms with van der Waals surface area (Å²) in [6.45, 7) is 0.427. The lowest BCUT2D eigenvalue weighted by atomic mass is 10.2. The first-order valence-corrected chi connectivity index (χ1v) is 4.68. The molecule has 1 fully saturated rings. The highest BCUT2D eigenvalue weighted by molar-refractivity contribution is 5.94. The Balaban J connectivity index is 2.14. The molecule has 2 N–H and O–H groups in total. The highest BCUT2D eigenvalue weighted by Crippen LogP contribution is 2.10. The van der Waals surface area contributed by atoms with E-state index in [4.69, 9.17) is 0 Å². The van der Waals surface area contributed by atoms with Gasteiger partial charge in [-0.3, -0.25) is 9.80 Å². The summed E-state index contributed by atoms with van der Waals surface area (Å²) < 4.78 is 12.9. The SMILES string of the molecule is O=C(c1cccc(F)c1)N1CCC(O)N1. The van der Waals surface area contributed by atoms with Crippen molar-refractivity contribution in [3.63, 3.8) is 0 Å². The van der Waals surface area contributed by atoms with Crippen molar-refractivity contribution in [1.29, 1.82) is 0 Å². The molecular weight excluding hydrogens is 199 g/mol. The predicted molar refractivity (Wildman–Crippen MR) is 51.2 cm³/mol. The summed E-state index contributed by atoms with van der Waals surface area (Å²) >= 11 is 0. The maximum atomic E-state index is 12.9. The molecule has 15 heavy (non-hydrogen) atoms. The number of aliphatic hydroxyl groups is 1. The van der Waals surface area contributed by atoms with Crippen LogP contribution in [0.5, 0.6) is 0 Å². The Hall–Kier alpha value is -1.46. The zero-order valence-corrected chi connectivity index (χ0v) is 7.98. The lowest BCUT2D eigenvalue weighted by Gasteiger charge is -2.16. The van der Waals surface area contributed by atoms with Crippen LogP contribution in [0.2, 0.25) is 0 Å². The van der Waals surface area contributed by atoms with E-state index in [0.717, 1.165) is 0 Å². The molecule has 1 heterocycles. The molecule has 1 atom stereocenters. The van der Waals surface area contributed by atoms with E-state index in [1.165, 1.54) is 29.3 Å². The molecule has 0 aliphatic carbocycles. The Morgan fingerprint density at radius 3 is 3.00 bits per heavy atom. The van der Waals surface area contributed by atoms with Crippen LogP contribution in [0, 0.1) is 5.82 Å². The number of halogens is 1. The monoisotopic (exact) mass is 210 g/mol. The van der Waals surface area contributed by atoms with E-state index in [1.54, 1.807) is 0 Å². The van der Waals surface area contributed by atoms with Gasteiger partial charge in [-0.05, 0) is 18.2 Å². The fourth-order valence-corrected chi connectivity index (χ4v) is 1.50. The summed E-state index contributed by atoms with van der Waals surface area (Å²) in [7, 11) is 0. The Labute approximate surface area is 86.3 Å². The number of rotatable bonds is 1. The van der Waals surface area contributed by atoms with Gasteiger partial charge in [0, 0.05) is 18.5 Å². The molecule has 1 aromatic carbocycles. The average molecular weight is 210 g/mol. The third-order valence-electron chi connectivity index (χ3n) is 2.25. The average Bonchev–Trinajstić information content (AvgIpc) is 2.64. The molecule has 0 bridgehead atoms. The molecule has 1 aromatic rings. The number of aliphatic hydroxyl groups excluding tert-OH is 1. The van der Waals surface area contributed by atoms with Crippen molar-refractivity contribution in [2.24, 2.45) is 0 Å². The van der Waals surface area contributed by atoms with Crippen LogP contribution in [0.4, 0.5) is 4.39 Å². The van der Waals surface area contributed by atoms with E-state index in [1.807, 2.05) is 0 Å². The third-order valence-corrected chi connectivity index (χ3v) is 2.25. The first-order valence-electron chi connectivity index (χ1n) is 4.68. The highest BCUT2D eigenvalue weighted by Gasteiger charge is 2.24. The van der Waals surface area contributed by atoms with Crippen molar-refractivity contribution >= 4 is 5.91 Å². The molecule has 80 valence electrons. The van der Waals surface area contributed by atoms with Crippen molar-refractivity contribution in [2.75, 3.05) is 6.54 Å². The minimum atomic E-state index is -0.692. The molecule has 0 aromatic heterocycles. The van der Waals surface area contributed by atoms with Crippen molar-refractivity contribution in [1.82, 2.24) is 10.4 Å². The lowest BCUT2D eigenvalue weighted by Crippen LogP contribution is -2.40. The van der Waals surface area contributed by atoms with Gasteiger partial charge in [0.2, 0.25) is 0 Å². The van der Waals surface area contributed by atoms with Crippen LogP contribution in [0.25, 0.3) is 0 Å². The standard InChI is InChI=1S/C10H11FN2O2/c11-8-3-1-2-7(6-8)10(15)13-5-4-9(14)12-13/h1-3,6,9,12,14H,4-5H2. The van der Waals surface area contributed by atoms with E-state index < -0.39 is 12.0 Å². The third kappa shape index (κ3) is 2.14. The Kier molecular flexibility index (Phi) is 2.66. The van der Waals surface area contributed by atoms with Crippen LogP contribution in [0.15, 0.2) is 24.3 Å². The summed E-state index contributed by atoms with van der Waals surface area (Å²) in [5.74, 6) is -0.772. The second kappa shape index (κ2) is 3.96. The quantitative estimate of drug-likeness (QED) is 0.709. The van der Waals surface area contributed by atoms with Gasteiger partial charge < -0.3 is 5.11 Å². The summed E-state index contributed by atoms with van der Waals surface area (Å²) in [6, 6.07) is 5.48. The number of benzene rings is 1. The first-order chi connectivity index (χ1) is 7.16. The van der Waals surface area contributed by atoms with Crippen LogP contribution in [-0.4, -0.2) is 28.8 Å². The largest absolute Gasteiger partial charge is 0.377 e. The number of carbonyl (C=O) groups excluding carboxylic acids is 1. The molecule has 1 aliphatic heterocycles. The smallest absolute Gasteiger partial charge is 0.268 e. The van der Waals surface area contributed by atoms with Gasteiger partial charge in [0.25, 0.3) is 5.91 Å². The van der Waals surface area contributed by atoms with Crippen molar-refractivity contribution in [3.8, 4) is 0 Å². The van der Waals surface area contributed by atoms with E-state index in [2.05, 4.69) is 5.43 Å². The molecular formula is C10H11FN2O2. The minimum absolute atomic E-state index is 0.275. The molecule has 1 aliphatic rings. The van der Waals surface area contributed by atoms with Crippen LogP contribution in [0.1, 0.15) is 16.8 Å². The van der Waals surface area contributed by atoms with Gasteiger partial charge in [0.15, 0.2) is 0 Å². The Morgan fingerprint density at radius 2 is 2.40 bits per heavy atom. The minimum Gasteiger partial charge on any atom is -0.377 e. The van der Waals surface area contributed by atoms with Crippen molar-refractivity contribution < 1.29 is 14.3 Å². The van der Waals surface area contributed by atoms with Crippen molar-refractivity contribution in [3.05, 3.63) is 35.6 Å². The fraction of sp³-hybridized carbons (Fsp3) is 0.300. The predicted octanol–water partition coefficient (Wildman–Crippen LogP) is 0.495. The number of nitrogens with one attached hydrogen (secondary N) is 1. The topological polar surface area (TPSA) is 52.6 Å². The number of nitrogens with zero attached hydrogens (tertiary/aromatic N) is 1. The number of hydrazine groups is 1. The lowest BCUT2D eigenvalue weighted by molar-refractivity contribution is 0.0598. The van der Waals surface area contributed by atoms with Crippen LogP contribution >= 0.6 is 0 Å². The molecule has 0 radical (unpaired) electrons. The maximum Gasteiger partial charge on any atom is 0.268 e. The van der Waals surface area contributed by atoms with Gasteiger partial charge in [-0.25, -0.2) is 9.82 Å². The summed E-state index contributed by atoms with van der Waals surface area (Å²) in [5, 5.41) is 10.5. The van der Waals surface area contributed by atoms with Crippen LogP contribution < -0.4 is 5.43 Å². The van der Waals surface area contributed by atoms with Crippen LogP contribution in [0.3, 0.4) is 0 Å². The molecule has 1 saturated heterocycles. The van der Waals surface area contributed by atoms with Gasteiger partial charge in [0.05, 0.1) is 0 Å². The van der Waals surface area contributed by atoms with E-state index in [-0.39, 0.29) is 11.5 Å². The zero-order chi connectivity index (χ0) is 10.8. The van der Waals surface area contributed by atoms with Gasteiger partial charge in [-0.1, -0.05) is 6.07 Å². The first kappa shape index (κ1) is 10.1. The molecule has 0 spiro atoms. The van der Waals surface area contributed by atoms with Gasteiger partial charge in [-0.15, -0.1) is 0 Å². The second-order valence-corrected chi connectivity index (χ2v) is 3.40. The zero-order valence-electron chi connectivity index (χ0n) is 7.98. The molecule has 1 unspecified atom stereocenters. The molecule has 2 rings (SSSR count).